The van der Waals surface area contributed by atoms with Crippen molar-refractivity contribution in [3.05, 3.63) is 0 Å². The van der Waals surface area contributed by atoms with Crippen molar-refractivity contribution < 1.29 is 90.1 Å². The van der Waals surface area contributed by atoms with Crippen molar-refractivity contribution in [1.29, 1.82) is 0 Å². The van der Waals surface area contributed by atoms with Crippen LogP contribution >= 0.6 is 0 Å². The first-order valence-corrected chi connectivity index (χ1v) is 2.01. The van der Waals surface area contributed by atoms with Gasteiger partial charge in [-0.2, -0.15) is 0 Å². The van der Waals surface area contributed by atoms with Crippen LogP contribution in [0.2, 0.25) is 0 Å². The minimum absolute atomic E-state index is 0. The third-order valence-corrected chi connectivity index (χ3v) is 0.741. The molecule has 0 aliphatic carbocycles. The number of hydrogen-bond donors (Lipinski definition) is 2. The Balaban J connectivity index is -0.000000245. The fourth-order valence-corrected chi connectivity index (χ4v) is 0.106. The Labute approximate surface area is 113 Å². The third-order valence-electron chi connectivity index (χ3n) is 0.741. The number of carbonyl (C=O) groups is 2. The molecule has 0 bridgehead atoms. The summed E-state index contributed by atoms with van der Waals surface area (Å²) in [5.41, 5.74) is 0. The summed E-state index contributed by atoms with van der Waals surface area (Å²) in [4.78, 5) is 19.5. The van der Waals surface area contributed by atoms with Gasteiger partial charge in [-0.1, -0.05) is 0 Å². The van der Waals surface area contributed by atoms with Crippen molar-refractivity contribution in [2.75, 3.05) is 0 Å². The van der Waals surface area contributed by atoms with E-state index < -0.39 is 17.9 Å². The summed E-state index contributed by atoms with van der Waals surface area (Å²) in [6.07, 6.45) is 0. The van der Waals surface area contributed by atoms with Crippen LogP contribution in [-0.2, 0) is 9.59 Å². The van der Waals surface area contributed by atoms with Crippen LogP contribution in [0.3, 0.4) is 0 Å². The van der Waals surface area contributed by atoms with Crippen molar-refractivity contribution >= 4 is 11.9 Å². The molecule has 0 aliphatic rings. The Bertz CT molecular complexity index is 112. The Morgan fingerprint density at radius 1 is 1.33 bits per heavy atom. The van der Waals surface area contributed by atoms with E-state index in [-0.39, 0.29) is 70.3 Å². The average Bonchev–Trinajstić information content (AvgIpc) is 1.64. The van der Waals surface area contributed by atoms with Crippen LogP contribution in [-0.4, -0.2) is 22.2 Å². The van der Waals surface area contributed by atoms with E-state index in [0.717, 1.165) is 6.92 Å². The minimum Gasteiger partial charge on any atom is -1.00 e. The second-order valence-electron chi connectivity index (χ2n) is 1.40. The number of aliphatic carboxylic acids is 2. The summed E-state index contributed by atoms with van der Waals surface area (Å²) < 4.78 is 0. The van der Waals surface area contributed by atoms with Gasteiger partial charge in [-0.05, 0) is 6.92 Å². The Kier molecular flexibility index (Phi) is 8.08. The molecule has 0 spiro atoms. The standard InChI is InChI=1S/C4H6O4.Cs.H/c1-2(3(5)6)4(7)8;;/h2H,1H3,(H,5,6)(H,7,8);;/q;+1;-1. The quantitative estimate of drug-likeness (QED) is 0.511. The molecule has 0 unspecified atom stereocenters. The summed E-state index contributed by atoms with van der Waals surface area (Å²) in [5, 5.41) is 15.9. The molecule has 0 amide bonds. The second kappa shape index (κ2) is 5.75. The normalized spacial score (nSPS) is 8.22. The Hall–Kier alpha value is 0.992. The molecule has 9 heavy (non-hydrogen) atoms. The number of hydrogen-bond acceptors (Lipinski definition) is 2. The summed E-state index contributed by atoms with van der Waals surface area (Å²) in [6, 6.07) is 0. The topological polar surface area (TPSA) is 74.6 Å². The zero-order valence-electron chi connectivity index (χ0n) is 6.29. The SMILES string of the molecule is CC(C(=O)O)C(=O)O.[Cs+].[H-]. The van der Waals surface area contributed by atoms with Gasteiger partial charge in [-0.3, -0.25) is 9.59 Å². The second-order valence-corrected chi connectivity index (χ2v) is 1.40. The van der Waals surface area contributed by atoms with Crippen LogP contribution < -0.4 is 68.9 Å². The molecular weight excluding hydrogens is 245 g/mol. The van der Waals surface area contributed by atoms with Gasteiger partial charge in [0.05, 0.1) is 0 Å². The smallest absolute Gasteiger partial charge is 1.00 e. The van der Waals surface area contributed by atoms with Crippen molar-refractivity contribution in [2.24, 2.45) is 5.92 Å². The van der Waals surface area contributed by atoms with Crippen LogP contribution in [0.4, 0.5) is 0 Å². The molecule has 0 heterocycles. The number of carboxylic acids is 2. The first kappa shape index (κ1) is 12.6. The van der Waals surface area contributed by atoms with E-state index in [9.17, 15) is 9.59 Å². The fraction of sp³-hybridized carbons (Fsp3) is 0.500. The Morgan fingerprint density at radius 3 is 1.56 bits per heavy atom. The molecule has 0 radical (unpaired) electrons. The Morgan fingerprint density at radius 2 is 1.56 bits per heavy atom. The van der Waals surface area contributed by atoms with E-state index in [2.05, 4.69) is 0 Å². The van der Waals surface area contributed by atoms with Crippen molar-refractivity contribution in [3.8, 4) is 0 Å². The molecule has 0 aliphatic heterocycles. The molecule has 0 fully saturated rings. The summed E-state index contributed by atoms with van der Waals surface area (Å²) in [7, 11) is 0. The van der Waals surface area contributed by atoms with Crippen LogP contribution in [0.1, 0.15) is 8.35 Å². The van der Waals surface area contributed by atoms with Gasteiger partial charge in [-0.25, -0.2) is 0 Å². The van der Waals surface area contributed by atoms with E-state index in [4.69, 9.17) is 10.2 Å². The van der Waals surface area contributed by atoms with Gasteiger partial charge >= 0.3 is 80.8 Å². The van der Waals surface area contributed by atoms with Gasteiger partial charge in [0.15, 0.2) is 5.92 Å². The molecule has 4 nitrogen and oxygen atoms in total. The average molecular weight is 252 g/mol. The molecule has 0 atom stereocenters. The van der Waals surface area contributed by atoms with Gasteiger partial charge in [0.25, 0.3) is 0 Å². The molecule has 0 rings (SSSR count). The first-order valence-electron chi connectivity index (χ1n) is 2.01. The zero-order chi connectivity index (χ0) is 6.73. The summed E-state index contributed by atoms with van der Waals surface area (Å²) >= 11 is 0. The molecule has 5 heteroatoms. The maximum absolute atomic E-state index is 9.76. The van der Waals surface area contributed by atoms with E-state index in [0.29, 0.717) is 0 Å². The van der Waals surface area contributed by atoms with Crippen molar-refractivity contribution in [3.63, 3.8) is 0 Å². The van der Waals surface area contributed by atoms with Gasteiger partial charge in [0, 0.05) is 0 Å². The van der Waals surface area contributed by atoms with Crippen LogP contribution in [0, 0.1) is 5.92 Å². The molecule has 0 aromatic heterocycles. The third kappa shape index (κ3) is 5.44. The van der Waals surface area contributed by atoms with E-state index in [1.165, 1.54) is 0 Å². The van der Waals surface area contributed by atoms with Gasteiger partial charge in [0.1, 0.15) is 0 Å². The van der Waals surface area contributed by atoms with Gasteiger partial charge in [-0.15, -0.1) is 0 Å². The van der Waals surface area contributed by atoms with E-state index in [1.807, 2.05) is 0 Å². The summed E-state index contributed by atoms with van der Waals surface area (Å²) in [5.74, 6) is -3.91. The zero-order valence-corrected chi connectivity index (χ0v) is 11.6. The predicted octanol–water partition coefficient (Wildman–Crippen LogP) is -3.09. The van der Waals surface area contributed by atoms with Gasteiger partial charge < -0.3 is 11.6 Å². The maximum atomic E-state index is 9.76. The monoisotopic (exact) mass is 252 g/mol. The van der Waals surface area contributed by atoms with Crippen molar-refractivity contribution in [2.45, 2.75) is 6.92 Å². The minimum atomic E-state index is -1.31. The summed E-state index contributed by atoms with van der Waals surface area (Å²) in [6.45, 7) is 1.12. The van der Waals surface area contributed by atoms with Crippen LogP contribution in [0.25, 0.3) is 0 Å². The molecule has 0 saturated carbocycles. The first-order chi connectivity index (χ1) is 3.55. The molecule has 48 valence electrons. The largest absolute Gasteiger partial charge is 1.00 e. The van der Waals surface area contributed by atoms with Crippen LogP contribution in [0.5, 0.6) is 0 Å². The predicted molar refractivity (Wildman–Crippen MR) is 25.5 cm³/mol. The van der Waals surface area contributed by atoms with E-state index in [1.54, 1.807) is 0 Å². The van der Waals surface area contributed by atoms with Gasteiger partial charge in [0.2, 0.25) is 0 Å². The molecule has 0 aromatic carbocycles. The number of rotatable bonds is 2. The molecule has 0 aromatic rings. The van der Waals surface area contributed by atoms with E-state index >= 15 is 0 Å². The van der Waals surface area contributed by atoms with Crippen molar-refractivity contribution in [1.82, 2.24) is 0 Å². The fourth-order valence-electron chi connectivity index (χ4n) is 0.106. The maximum Gasteiger partial charge on any atom is 1.00 e. The molecular formula is C4H7CsO4. The van der Waals surface area contributed by atoms with Crippen LogP contribution in [0.15, 0.2) is 0 Å². The number of carboxylic acid groups (broad SMARTS) is 2. The molecule has 2 N–H and O–H groups in total. The molecule has 0 saturated heterocycles.